The van der Waals surface area contributed by atoms with Crippen LogP contribution in [0, 0.1) is 0 Å². The third-order valence-electron chi connectivity index (χ3n) is 2.70. The normalized spacial score (nSPS) is 11.3. The number of amides is 1. The zero-order valence-electron chi connectivity index (χ0n) is 11.2. The van der Waals surface area contributed by atoms with Gasteiger partial charge in [-0.05, 0) is 40.2 Å². The Hall–Kier alpha value is -1.47. The maximum atomic E-state index is 12.8. The number of hydrogen-bond acceptors (Lipinski definition) is 2. The molecule has 0 aliphatic heterocycles. The largest absolute Gasteiger partial charge is 0.418 e. The summed E-state index contributed by atoms with van der Waals surface area (Å²) in [7, 11) is 0. The molecule has 0 spiro atoms. The van der Waals surface area contributed by atoms with Gasteiger partial charge in [0.15, 0.2) is 0 Å². The quantitative estimate of drug-likeness (QED) is 0.728. The van der Waals surface area contributed by atoms with Crippen molar-refractivity contribution in [1.29, 1.82) is 0 Å². The molecule has 7 heteroatoms. The Kier molecular flexibility index (Phi) is 5.52. The van der Waals surface area contributed by atoms with E-state index >= 15 is 0 Å². The maximum Gasteiger partial charge on any atom is 0.418 e. The fourth-order valence-corrected chi connectivity index (χ4v) is 3.10. The van der Waals surface area contributed by atoms with Gasteiger partial charge in [0.2, 0.25) is 5.91 Å². The summed E-state index contributed by atoms with van der Waals surface area (Å²) >= 11 is 4.60. The van der Waals surface area contributed by atoms with E-state index < -0.39 is 17.6 Å². The van der Waals surface area contributed by atoms with Crippen LogP contribution in [-0.2, 0) is 11.0 Å². The highest BCUT2D eigenvalue weighted by Gasteiger charge is 2.33. The van der Waals surface area contributed by atoms with Gasteiger partial charge >= 0.3 is 6.18 Å². The second-order valence-electron chi connectivity index (χ2n) is 4.31. The van der Waals surface area contributed by atoms with Crippen molar-refractivity contribution < 1.29 is 18.0 Å². The Balaban J connectivity index is 2.03. The van der Waals surface area contributed by atoms with E-state index in [1.807, 2.05) is 24.3 Å². The molecule has 0 saturated carbocycles. The summed E-state index contributed by atoms with van der Waals surface area (Å²) in [6, 6.07) is 12.2. The van der Waals surface area contributed by atoms with Crippen LogP contribution in [-0.4, -0.2) is 11.7 Å². The zero-order chi connectivity index (χ0) is 16.2. The molecule has 2 nitrogen and oxygen atoms in total. The predicted molar refractivity (Wildman–Crippen MR) is 84.9 cm³/mol. The van der Waals surface area contributed by atoms with Crippen LogP contribution < -0.4 is 5.32 Å². The highest BCUT2D eigenvalue weighted by atomic mass is 79.9. The van der Waals surface area contributed by atoms with Crippen LogP contribution in [0.2, 0.25) is 0 Å². The lowest BCUT2D eigenvalue weighted by atomic mass is 10.1. The lowest BCUT2D eigenvalue weighted by molar-refractivity contribution is -0.137. The molecule has 0 saturated heterocycles. The highest BCUT2D eigenvalue weighted by Crippen LogP contribution is 2.34. The van der Waals surface area contributed by atoms with Crippen LogP contribution in [0.25, 0.3) is 0 Å². The van der Waals surface area contributed by atoms with Gasteiger partial charge < -0.3 is 5.32 Å². The number of carbonyl (C=O) groups is 1. The molecule has 2 aromatic rings. The number of carbonyl (C=O) groups excluding carboxylic acids is 1. The number of thioether (sulfide) groups is 1. The van der Waals surface area contributed by atoms with Crippen molar-refractivity contribution in [3.05, 3.63) is 58.6 Å². The molecule has 0 radical (unpaired) electrons. The summed E-state index contributed by atoms with van der Waals surface area (Å²) < 4.78 is 39.4. The van der Waals surface area contributed by atoms with E-state index in [1.54, 1.807) is 0 Å². The van der Waals surface area contributed by atoms with Gasteiger partial charge in [0.25, 0.3) is 0 Å². The number of nitrogens with one attached hydrogen (secondary N) is 1. The van der Waals surface area contributed by atoms with E-state index in [1.165, 1.54) is 30.0 Å². The Morgan fingerprint density at radius 2 is 1.73 bits per heavy atom. The molecule has 0 aliphatic rings. The van der Waals surface area contributed by atoms with Crippen LogP contribution in [0.15, 0.2) is 57.9 Å². The summed E-state index contributed by atoms with van der Waals surface area (Å²) in [5, 5.41) is 2.31. The molecule has 0 heterocycles. The SMILES string of the molecule is O=C(CSc1ccccc1Br)Nc1ccccc1C(F)(F)F. The zero-order valence-corrected chi connectivity index (χ0v) is 13.6. The van der Waals surface area contributed by atoms with Gasteiger partial charge in [0.05, 0.1) is 17.0 Å². The van der Waals surface area contributed by atoms with Crippen molar-refractivity contribution >= 4 is 39.3 Å². The van der Waals surface area contributed by atoms with Crippen molar-refractivity contribution in [2.45, 2.75) is 11.1 Å². The minimum atomic E-state index is -4.50. The molecule has 0 bridgehead atoms. The topological polar surface area (TPSA) is 29.1 Å². The third-order valence-corrected chi connectivity index (χ3v) is 4.73. The molecule has 2 rings (SSSR count). The Morgan fingerprint density at radius 3 is 2.41 bits per heavy atom. The lowest BCUT2D eigenvalue weighted by Gasteiger charge is -2.13. The molecular formula is C15H11BrF3NOS. The van der Waals surface area contributed by atoms with Crippen molar-refractivity contribution in [2.75, 3.05) is 11.1 Å². The van der Waals surface area contributed by atoms with Crippen LogP contribution in [0.4, 0.5) is 18.9 Å². The molecular weight excluding hydrogens is 379 g/mol. The summed E-state index contributed by atoms with van der Waals surface area (Å²) in [6.07, 6.45) is -4.50. The smallest absolute Gasteiger partial charge is 0.325 e. The fraction of sp³-hybridized carbons (Fsp3) is 0.133. The van der Waals surface area contributed by atoms with Gasteiger partial charge in [0.1, 0.15) is 0 Å². The summed E-state index contributed by atoms with van der Waals surface area (Å²) in [5.41, 5.74) is -1.08. The number of hydrogen-bond donors (Lipinski definition) is 1. The van der Waals surface area contributed by atoms with Gasteiger partial charge in [-0.3, -0.25) is 4.79 Å². The first-order chi connectivity index (χ1) is 10.4. The van der Waals surface area contributed by atoms with E-state index in [-0.39, 0.29) is 11.4 Å². The van der Waals surface area contributed by atoms with Crippen LogP contribution in [0.1, 0.15) is 5.56 Å². The predicted octanol–water partition coefficient (Wildman–Crippen LogP) is 5.20. The maximum absolute atomic E-state index is 12.8. The number of alkyl halides is 3. The molecule has 22 heavy (non-hydrogen) atoms. The summed E-state index contributed by atoms with van der Waals surface area (Å²) in [6.45, 7) is 0. The number of para-hydroxylation sites is 1. The third kappa shape index (κ3) is 4.51. The van der Waals surface area contributed by atoms with Crippen molar-refractivity contribution in [2.24, 2.45) is 0 Å². The molecule has 0 unspecified atom stereocenters. The highest BCUT2D eigenvalue weighted by molar-refractivity contribution is 9.10. The van der Waals surface area contributed by atoms with Gasteiger partial charge in [-0.2, -0.15) is 13.2 Å². The first-order valence-corrected chi connectivity index (χ1v) is 7.99. The second kappa shape index (κ2) is 7.19. The monoisotopic (exact) mass is 389 g/mol. The average molecular weight is 390 g/mol. The van der Waals surface area contributed by atoms with E-state index in [0.717, 1.165) is 15.4 Å². The van der Waals surface area contributed by atoms with Gasteiger partial charge in [0, 0.05) is 9.37 Å². The van der Waals surface area contributed by atoms with E-state index in [4.69, 9.17) is 0 Å². The minimum Gasteiger partial charge on any atom is -0.325 e. The van der Waals surface area contributed by atoms with Crippen LogP contribution in [0.5, 0.6) is 0 Å². The summed E-state index contributed by atoms with van der Waals surface area (Å²) in [5.74, 6) is -0.466. The standard InChI is InChI=1S/C15H11BrF3NOS/c16-11-6-2-4-8-13(11)22-9-14(21)20-12-7-3-1-5-10(12)15(17,18)19/h1-8H,9H2,(H,20,21). The molecule has 116 valence electrons. The average Bonchev–Trinajstić information content (AvgIpc) is 2.46. The summed E-state index contributed by atoms with van der Waals surface area (Å²) in [4.78, 5) is 12.7. The number of anilines is 1. The molecule has 1 N–H and O–H groups in total. The van der Waals surface area contributed by atoms with Gasteiger partial charge in [-0.25, -0.2) is 0 Å². The number of rotatable bonds is 4. The van der Waals surface area contributed by atoms with E-state index in [2.05, 4.69) is 21.2 Å². The van der Waals surface area contributed by atoms with Crippen molar-refractivity contribution in [1.82, 2.24) is 0 Å². The van der Waals surface area contributed by atoms with Crippen molar-refractivity contribution in [3.63, 3.8) is 0 Å². The van der Waals surface area contributed by atoms with Gasteiger partial charge in [-0.15, -0.1) is 11.8 Å². The Labute approximate surface area is 138 Å². The second-order valence-corrected chi connectivity index (χ2v) is 6.18. The van der Waals surface area contributed by atoms with Crippen LogP contribution in [0.3, 0.4) is 0 Å². The number of benzene rings is 2. The number of halogens is 4. The molecule has 1 amide bonds. The molecule has 2 aromatic carbocycles. The Morgan fingerprint density at radius 1 is 1.09 bits per heavy atom. The first-order valence-electron chi connectivity index (χ1n) is 6.21. The lowest BCUT2D eigenvalue weighted by Crippen LogP contribution is -2.18. The van der Waals surface area contributed by atoms with Crippen LogP contribution >= 0.6 is 27.7 Å². The van der Waals surface area contributed by atoms with Crippen molar-refractivity contribution in [3.8, 4) is 0 Å². The Bertz CT molecular complexity index is 676. The molecule has 0 atom stereocenters. The minimum absolute atomic E-state index is 0.0226. The first kappa shape index (κ1) is 16.9. The van der Waals surface area contributed by atoms with Gasteiger partial charge in [-0.1, -0.05) is 24.3 Å². The van der Waals surface area contributed by atoms with E-state index in [0.29, 0.717) is 0 Å². The molecule has 0 aliphatic carbocycles. The molecule has 0 aromatic heterocycles. The molecule has 0 fully saturated rings. The van der Waals surface area contributed by atoms with E-state index in [9.17, 15) is 18.0 Å². The fourth-order valence-electron chi connectivity index (χ4n) is 1.73.